The first-order chi connectivity index (χ1) is 13.9. The van der Waals surface area contributed by atoms with E-state index in [2.05, 4.69) is 0 Å². The number of aryl methyl sites for hydroxylation is 2. The number of amides is 2. The Balaban J connectivity index is 1.55. The van der Waals surface area contributed by atoms with Gasteiger partial charge in [-0.3, -0.25) is 14.5 Å². The molecule has 4 nitrogen and oxygen atoms in total. The number of benzene rings is 2. The monoisotopic (exact) mass is 423 g/mol. The number of imide groups is 1. The minimum atomic E-state index is -0.306. The van der Waals surface area contributed by atoms with E-state index in [9.17, 15) is 9.59 Å². The molecule has 1 aliphatic heterocycles. The number of furan rings is 1. The first kappa shape index (κ1) is 19.6. The van der Waals surface area contributed by atoms with Crippen LogP contribution >= 0.6 is 23.4 Å². The number of carbonyl (C=O) groups is 2. The third kappa shape index (κ3) is 4.02. The third-order valence-electron chi connectivity index (χ3n) is 4.82. The smallest absolute Gasteiger partial charge is 0.293 e. The van der Waals surface area contributed by atoms with Gasteiger partial charge in [-0.2, -0.15) is 0 Å². The molecular weight excluding hydrogens is 406 g/mol. The SMILES string of the molecule is Cc1ccc(-c2ccc(/C=C3\SC(=O)N(Cc4ccccc4C)C3=O)o2)cc1Cl. The second kappa shape index (κ2) is 7.93. The Morgan fingerprint density at radius 3 is 2.59 bits per heavy atom. The maximum absolute atomic E-state index is 12.8. The van der Waals surface area contributed by atoms with Crippen LogP contribution in [0.3, 0.4) is 0 Å². The van der Waals surface area contributed by atoms with Gasteiger partial charge in [-0.05, 0) is 60.5 Å². The lowest BCUT2D eigenvalue weighted by atomic mass is 10.1. The Morgan fingerprint density at radius 2 is 1.83 bits per heavy atom. The van der Waals surface area contributed by atoms with Gasteiger partial charge in [-0.15, -0.1) is 0 Å². The van der Waals surface area contributed by atoms with Crippen LogP contribution < -0.4 is 0 Å². The van der Waals surface area contributed by atoms with Crippen molar-refractivity contribution < 1.29 is 14.0 Å². The molecule has 29 heavy (non-hydrogen) atoms. The van der Waals surface area contributed by atoms with E-state index in [1.807, 2.05) is 62.4 Å². The van der Waals surface area contributed by atoms with E-state index in [0.29, 0.717) is 21.4 Å². The van der Waals surface area contributed by atoms with Gasteiger partial charge in [0.1, 0.15) is 11.5 Å². The van der Waals surface area contributed by atoms with E-state index >= 15 is 0 Å². The summed E-state index contributed by atoms with van der Waals surface area (Å²) in [5.41, 5.74) is 3.84. The predicted octanol–water partition coefficient (Wildman–Crippen LogP) is 6.45. The van der Waals surface area contributed by atoms with E-state index in [4.69, 9.17) is 16.0 Å². The van der Waals surface area contributed by atoms with Crippen LogP contribution in [0.15, 0.2) is 63.9 Å². The highest BCUT2D eigenvalue weighted by molar-refractivity contribution is 8.18. The first-order valence-corrected chi connectivity index (χ1v) is 10.3. The summed E-state index contributed by atoms with van der Waals surface area (Å²) in [4.78, 5) is 26.8. The summed E-state index contributed by atoms with van der Waals surface area (Å²) < 4.78 is 5.85. The summed E-state index contributed by atoms with van der Waals surface area (Å²) in [6.07, 6.45) is 1.61. The summed E-state index contributed by atoms with van der Waals surface area (Å²) in [5, 5.41) is 0.388. The highest BCUT2D eigenvalue weighted by Crippen LogP contribution is 2.35. The van der Waals surface area contributed by atoms with Gasteiger partial charge in [-0.25, -0.2) is 0 Å². The summed E-state index contributed by atoms with van der Waals surface area (Å²) in [7, 11) is 0. The van der Waals surface area contributed by atoms with Gasteiger partial charge in [0.15, 0.2) is 0 Å². The Labute approximate surface area is 178 Å². The molecule has 146 valence electrons. The highest BCUT2D eigenvalue weighted by Gasteiger charge is 2.35. The van der Waals surface area contributed by atoms with Crippen LogP contribution in [0.2, 0.25) is 5.02 Å². The molecule has 2 amide bonds. The minimum Gasteiger partial charge on any atom is -0.457 e. The average Bonchev–Trinajstić information content (AvgIpc) is 3.26. The van der Waals surface area contributed by atoms with Gasteiger partial charge in [0, 0.05) is 16.7 Å². The van der Waals surface area contributed by atoms with E-state index in [-0.39, 0.29) is 17.7 Å². The van der Waals surface area contributed by atoms with E-state index < -0.39 is 0 Å². The standard InChI is InChI=1S/C23H18ClNO3S/c1-14-5-3-4-6-17(14)13-25-22(26)21(29-23(25)27)12-18-9-10-20(28-18)16-8-7-15(2)19(24)11-16/h3-12H,13H2,1-2H3/b21-12-. The van der Waals surface area contributed by atoms with Crippen molar-refractivity contribution in [2.75, 3.05) is 0 Å². The molecule has 0 atom stereocenters. The minimum absolute atomic E-state index is 0.264. The zero-order valence-corrected chi connectivity index (χ0v) is 17.5. The van der Waals surface area contributed by atoms with Crippen molar-refractivity contribution in [2.45, 2.75) is 20.4 Å². The van der Waals surface area contributed by atoms with Gasteiger partial charge in [0.05, 0.1) is 11.4 Å². The van der Waals surface area contributed by atoms with Crippen molar-refractivity contribution in [3.63, 3.8) is 0 Å². The van der Waals surface area contributed by atoms with E-state index in [1.54, 1.807) is 12.1 Å². The number of nitrogens with zero attached hydrogens (tertiary/aromatic N) is 1. The van der Waals surface area contributed by atoms with Crippen molar-refractivity contribution >= 4 is 40.6 Å². The lowest BCUT2D eigenvalue weighted by Crippen LogP contribution is -2.27. The molecule has 0 aliphatic carbocycles. The lowest BCUT2D eigenvalue weighted by molar-refractivity contribution is -0.123. The fourth-order valence-electron chi connectivity index (χ4n) is 3.06. The third-order valence-corrected chi connectivity index (χ3v) is 6.13. The Hall–Kier alpha value is -2.76. The molecule has 0 unspecified atom stereocenters. The lowest BCUT2D eigenvalue weighted by Gasteiger charge is -2.14. The number of carbonyl (C=O) groups excluding carboxylic acids is 2. The van der Waals surface area contributed by atoms with Gasteiger partial charge < -0.3 is 4.42 Å². The van der Waals surface area contributed by atoms with Crippen LogP contribution in [-0.4, -0.2) is 16.0 Å². The molecule has 1 saturated heterocycles. The van der Waals surface area contributed by atoms with Gasteiger partial charge in [0.25, 0.3) is 11.1 Å². The molecule has 1 fully saturated rings. The average molecular weight is 424 g/mol. The van der Waals surface area contributed by atoms with Gasteiger partial charge in [0.2, 0.25) is 0 Å². The molecule has 1 aromatic heterocycles. The van der Waals surface area contributed by atoms with Crippen molar-refractivity contribution in [2.24, 2.45) is 0 Å². The van der Waals surface area contributed by atoms with Crippen molar-refractivity contribution in [1.29, 1.82) is 0 Å². The van der Waals surface area contributed by atoms with Crippen LogP contribution in [0.1, 0.15) is 22.5 Å². The molecule has 1 aliphatic rings. The zero-order chi connectivity index (χ0) is 20.5. The van der Waals surface area contributed by atoms with Crippen molar-refractivity contribution in [1.82, 2.24) is 4.90 Å². The molecule has 2 heterocycles. The molecule has 0 radical (unpaired) electrons. The zero-order valence-electron chi connectivity index (χ0n) is 15.9. The van der Waals surface area contributed by atoms with Crippen LogP contribution in [0.25, 0.3) is 17.4 Å². The Kier molecular flexibility index (Phi) is 5.35. The Morgan fingerprint density at radius 1 is 1.03 bits per heavy atom. The number of thioether (sulfide) groups is 1. The second-order valence-corrected chi connectivity index (χ2v) is 8.26. The van der Waals surface area contributed by atoms with Crippen molar-refractivity contribution in [3.8, 4) is 11.3 Å². The number of rotatable bonds is 4. The van der Waals surface area contributed by atoms with Crippen LogP contribution in [0.5, 0.6) is 0 Å². The number of hydrogen-bond acceptors (Lipinski definition) is 4. The molecule has 3 aromatic rings. The first-order valence-electron chi connectivity index (χ1n) is 9.08. The van der Waals surface area contributed by atoms with Crippen LogP contribution in [-0.2, 0) is 11.3 Å². The maximum atomic E-state index is 12.8. The highest BCUT2D eigenvalue weighted by atomic mass is 35.5. The largest absolute Gasteiger partial charge is 0.457 e. The van der Waals surface area contributed by atoms with Crippen LogP contribution in [0, 0.1) is 13.8 Å². The Bertz CT molecular complexity index is 1150. The molecule has 0 bridgehead atoms. The molecule has 6 heteroatoms. The second-order valence-electron chi connectivity index (χ2n) is 6.86. The summed E-state index contributed by atoms with van der Waals surface area (Å²) in [5.74, 6) is 0.856. The molecular formula is C23H18ClNO3S. The van der Waals surface area contributed by atoms with Gasteiger partial charge >= 0.3 is 0 Å². The van der Waals surface area contributed by atoms with Crippen molar-refractivity contribution in [3.05, 3.63) is 87.0 Å². The molecule has 4 rings (SSSR count). The molecule has 0 saturated carbocycles. The van der Waals surface area contributed by atoms with E-state index in [1.165, 1.54) is 4.90 Å². The molecule has 0 spiro atoms. The maximum Gasteiger partial charge on any atom is 0.293 e. The topological polar surface area (TPSA) is 50.5 Å². The molecule has 2 aromatic carbocycles. The predicted molar refractivity (Wildman–Crippen MR) is 117 cm³/mol. The van der Waals surface area contributed by atoms with Gasteiger partial charge in [-0.1, -0.05) is 48.0 Å². The molecule has 0 N–H and O–H groups in total. The van der Waals surface area contributed by atoms with Crippen LogP contribution in [0.4, 0.5) is 4.79 Å². The normalized spacial score (nSPS) is 15.6. The summed E-state index contributed by atoms with van der Waals surface area (Å²) in [6.45, 7) is 4.17. The number of hydrogen-bond donors (Lipinski definition) is 0. The summed E-state index contributed by atoms with van der Waals surface area (Å²) >= 11 is 7.12. The quantitative estimate of drug-likeness (QED) is 0.452. The van der Waals surface area contributed by atoms with E-state index in [0.717, 1.165) is 34.0 Å². The summed E-state index contributed by atoms with van der Waals surface area (Å²) in [6, 6.07) is 17.0. The fourth-order valence-corrected chi connectivity index (χ4v) is 4.05. The fraction of sp³-hybridized carbons (Fsp3) is 0.130. The number of halogens is 1.